The summed E-state index contributed by atoms with van der Waals surface area (Å²) in [7, 11) is 0. The second-order valence-corrected chi connectivity index (χ2v) is 3.95. The molecule has 0 saturated heterocycles. The van der Waals surface area contributed by atoms with Crippen LogP contribution < -0.4 is 10.6 Å². The summed E-state index contributed by atoms with van der Waals surface area (Å²) in [5, 5.41) is 14.1. The van der Waals surface area contributed by atoms with E-state index < -0.39 is 18.0 Å². The Morgan fingerprint density at radius 3 is 2.18 bits per heavy atom. The summed E-state index contributed by atoms with van der Waals surface area (Å²) in [5.74, 6) is -1.09. The van der Waals surface area contributed by atoms with Gasteiger partial charge in [-0.25, -0.2) is 9.59 Å². The molecule has 5 nitrogen and oxygen atoms in total. The van der Waals surface area contributed by atoms with Crippen LogP contribution in [0.1, 0.15) is 25.5 Å². The molecule has 0 radical (unpaired) electrons. The van der Waals surface area contributed by atoms with Crippen molar-refractivity contribution in [1.82, 2.24) is 10.6 Å². The van der Waals surface area contributed by atoms with Crippen LogP contribution in [0.25, 0.3) is 0 Å². The first-order valence-electron chi connectivity index (χ1n) is 5.35. The van der Waals surface area contributed by atoms with Crippen molar-refractivity contribution in [2.75, 3.05) is 0 Å². The number of aliphatic carboxylic acids is 1. The maximum absolute atomic E-state index is 11.5. The van der Waals surface area contributed by atoms with E-state index in [-0.39, 0.29) is 6.04 Å². The van der Waals surface area contributed by atoms with Gasteiger partial charge < -0.3 is 15.7 Å². The Kier molecular flexibility index (Phi) is 4.51. The molecule has 1 atom stereocenters. The quantitative estimate of drug-likeness (QED) is 0.741. The van der Waals surface area contributed by atoms with Crippen LogP contribution in [-0.4, -0.2) is 23.1 Å². The number of hydrogen-bond acceptors (Lipinski definition) is 2. The molecule has 1 aromatic carbocycles. The fourth-order valence-corrected chi connectivity index (χ4v) is 1.37. The van der Waals surface area contributed by atoms with E-state index >= 15 is 0 Å². The number of carbonyl (C=O) groups is 2. The van der Waals surface area contributed by atoms with Gasteiger partial charge in [0.05, 0.1) is 0 Å². The lowest BCUT2D eigenvalue weighted by Crippen LogP contribution is -2.43. The van der Waals surface area contributed by atoms with Gasteiger partial charge in [-0.1, -0.05) is 30.3 Å². The standard InChI is InChI=1S/C12H16N2O3/c1-8(2)13-12(17)14-10(11(15)16)9-6-4-3-5-7-9/h3-8,10H,1-2H3,(H,15,16)(H2,13,14,17)/t10-/m1/s1. The summed E-state index contributed by atoms with van der Waals surface area (Å²) < 4.78 is 0. The van der Waals surface area contributed by atoms with Crippen LogP contribution in [0.5, 0.6) is 0 Å². The molecule has 0 aromatic heterocycles. The Labute approximate surface area is 99.8 Å². The molecule has 0 fully saturated rings. The van der Waals surface area contributed by atoms with Crippen molar-refractivity contribution >= 4 is 12.0 Å². The molecular formula is C12H16N2O3. The van der Waals surface area contributed by atoms with E-state index in [1.54, 1.807) is 44.2 Å². The van der Waals surface area contributed by atoms with Crippen molar-refractivity contribution in [2.24, 2.45) is 0 Å². The number of benzene rings is 1. The van der Waals surface area contributed by atoms with Crippen LogP contribution >= 0.6 is 0 Å². The van der Waals surface area contributed by atoms with E-state index in [1.165, 1.54) is 0 Å². The lowest BCUT2D eigenvalue weighted by atomic mass is 10.1. The highest BCUT2D eigenvalue weighted by Crippen LogP contribution is 2.12. The van der Waals surface area contributed by atoms with Crippen molar-refractivity contribution < 1.29 is 14.7 Å². The number of carboxylic acid groups (broad SMARTS) is 1. The first-order valence-corrected chi connectivity index (χ1v) is 5.35. The first kappa shape index (κ1) is 13.0. The smallest absolute Gasteiger partial charge is 0.330 e. The highest BCUT2D eigenvalue weighted by molar-refractivity contribution is 5.83. The van der Waals surface area contributed by atoms with Crippen LogP contribution in [0.4, 0.5) is 4.79 Å². The molecule has 0 spiro atoms. The molecule has 0 bridgehead atoms. The van der Waals surface area contributed by atoms with Gasteiger partial charge in [-0.3, -0.25) is 0 Å². The van der Waals surface area contributed by atoms with Crippen molar-refractivity contribution in [2.45, 2.75) is 25.9 Å². The van der Waals surface area contributed by atoms with E-state index in [4.69, 9.17) is 5.11 Å². The van der Waals surface area contributed by atoms with E-state index in [1.807, 2.05) is 0 Å². The predicted molar refractivity (Wildman–Crippen MR) is 63.6 cm³/mol. The van der Waals surface area contributed by atoms with Gasteiger partial charge in [-0.05, 0) is 19.4 Å². The van der Waals surface area contributed by atoms with E-state index in [0.717, 1.165) is 0 Å². The van der Waals surface area contributed by atoms with Crippen molar-refractivity contribution in [3.05, 3.63) is 35.9 Å². The van der Waals surface area contributed by atoms with Gasteiger partial charge in [0.15, 0.2) is 6.04 Å². The monoisotopic (exact) mass is 236 g/mol. The van der Waals surface area contributed by atoms with Crippen molar-refractivity contribution in [3.8, 4) is 0 Å². The maximum atomic E-state index is 11.5. The summed E-state index contributed by atoms with van der Waals surface area (Å²) in [6.45, 7) is 3.61. The zero-order valence-corrected chi connectivity index (χ0v) is 9.81. The fraction of sp³-hybridized carbons (Fsp3) is 0.333. The zero-order valence-electron chi connectivity index (χ0n) is 9.81. The lowest BCUT2D eigenvalue weighted by molar-refractivity contribution is -0.139. The molecule has 17 heavy (non-hydrogen) atoms. The molecule has 0 aliphatic rings. The third-order valence-corrected chi connectivity index (χ3v) is 2.08. The molecule has 2 amide bonds. The third kappa shape index (κ3) is 4.14. The number of rotatable bonds is 4. The predicted octanol–water partition coefficient (Wildman–Crippen LogP) is 1.52. The SMILES string of the molecule is CC(C)NC(=O)N[C@@H](C(=O)O)c1ccccc1. The van der Waals surface area contributed by atoms with Gasteiger partial charge >= 0.3 is 12.0 Å². The highest BCUT2D eigenvalue weighted by atomic mass is 16.4. The average molecular weight is 236 g/mol. The summed E-state index contributed by atoms with van der Waals surface area (Å²) in [5.41, 5.74) is 0.541. The lowest BCUT2D eigenvalue weighted by Gasteiger charge is -2.16. The summed E-state index contributed by atoms with van der Waals surface area (Å²) in [6.07, 6.45) is 0. The molecule has 1 aromatic rings. The Balaban J connectivity index is 2.75. The summed E-state index contributed by atoms with van der Waals surface area (Å²) in [6, 6.07) is 7.01. The Morgan fingerprint density at radius 2 is 1.71 bits per heavy atom. The second-order valence-electron chi connectivity index (χ2n) is 3.95. The average Bonchev–Trinajstić information content (AvgIpc) is 2.25. The minimum absolute atomic E-state index is 0.0415. The normalized spacial score (nSPS) is 11.9. The molecule has 0 saturated carbocycles. The molecule has 0 aliphatic carbocycles. The number of carbonyl (C=O) groups excluding carboxylic acids is 1. The van der Waals surface area contributed by atoms with Crippen LogP contribution in [0.3, 0.4) is 0 Å². The minimum Gasteiger partial charge on any atom is -0.479 e. The molecular weight excluding hydrogens is 220 g/mol. The van der Waals surface area contributed by atoms with E-state index in [2.05, 4.69) is 10.6 Å². The Hall–Kier alpha value is -2.04. The third-order valence-electron chi connectivity index (χ3n) is 2.08. The van der Waals surface area contributed by atoms with Gasteiger partial charge in [-0.15, -0.1) is 0 Å². The Morgan fingerprint density at radius 1 is 1.12 bits per heavy atom. The topological polar surface area (TPSA) is 78.4 Å². The minimum atomic E-state index is -1.09. The zero-order chi connectivity index (χ0) is 12.8. The van der Waals surface area contributed by atoms with Gasteiger partial charge in [0.1, 0.15) is 0 Å². The molecule has 0 unspecified atom stereocenters. The molecule has 0 heterocycles. The van der Waals surface area contributed by atoms with Crippen LogP contribution in [0, 0.1) is 0 Å². The van der Waals surface area contributed by atoms with Crippen molar-refractivity contribution in [1.29, 1.82) is 0 Å². The van der Waals surface area contributed by atoms with Gasteiger partial charge in [0.25, 0.3) is 0 Å². The second kappa shape index (κ2) is 5.89. The van der Waals surface area contributed by atoms with E-state index in [9.17, 15) is 9.59 Å². The number of amides is 2. The van der Waals surface area contributed by atoms with Crippen molar-refractivity contribution in [3.63, 3.8) is 0 Å². The number of urea groups is 1. The van der Waals surface area contributed by atoms with Crippen LogP contribution in [0.2, 0.25) is 0 Å². The van der Waals surface area contributed by atoms with Gasteiger partial charge in [0, 0.05) is 6.04 Å². The summed E-state index contributed by atoms with van der Waals surface area (Å²) in [4.78, 5) is 22.5. The first-order chi connectivity index (χ1) is 8.00. The van der Waals surface area contributed by atoms with Gasteiger partial charge in [-0.2, -0.15) is 0 Å². The largest absolute Gasteiger partial charge is 0.479 e. The Bertz CT molecular complexity index is 390. The fourth-order valence-electron chi connectivity index (χ4n) is 1.37. The molecule has 92 valence electrons. The number of carboxylic acids is 1. The molecule has 0 aliphatic heterocycles. The molecule has 1 rings (SSSR count). The summed E-state index contributed by atoms with van der Waals surface area (Å²) >= 11 is 0. The molecule has 5 heteroatoms. The number of nitrogens with one attached hydrogen (secondary N) is 2. The molecule has 3 N–H and O–H groups in total. The van der Waals surface area contributed by atoms with E-state index in [0.29, 0.717) is 5.56 Å². The van der Waals surface area contributed by atoms with Gasteiger partial charge in [0.2, 0.25) is 0 Å². The van der Waals surface area contributed by atoms with Crippen LogP contribution in [0.15, 0.2) is 30.3 Å². The highest BCUT2D eigenvalue weighted by Gasteiger charge is 2.21. The maximum Gasteiger partial charge on any atom is 0.330 e. The number of hydrogen-bond donors (Lipinski definition) is 3. The van der Waals surface area contributed by atoms with Crippen LogP contribution in [-0.2, 0) is 4.79 Å².